The first-order valence-electron chi connectivity index (χ1n) is 9.57. The molecule has 7 heteroatoms. The van der Waals surface area contributed by atoms with E-state index in [-0.39, 0.29) is 23.3 Å². The lowest BCUT2D eigenvalue weighted by Gasteiger charge is -2.29. The molecule has 0 aromatic heterocycles. The summed E-state index contributed by atoms with van der Waals surface area (Å²) in [4.78, 5) is 11.9. The summed E-state index contributed by atoms with van der Waals surface area (Å²) in [7, 11) is -2.06. The fraction of sp³-hybridized carbons (Fsp3) is 0.381. The molecule has 28 heavy (non-hydrogen) atoms. The molecule has 2 aromatic carbocycles. The van der Waals surface area contributed by atoms with Crippen molar-refractivity contribution in [2.75, 3.05) is 19.0 Å². The van der Waals surface area contributed by atoms with E-state index in [1.54, 1.807) is 29.6 Å². The second-order valence-electron chi connectivity index (χ2n) is 7.30. The summed E-state index contributed by atoms with van der Waals surface area (Å²) in [6.07, 6.45) is 3.86. The molecule has 2 heterocycles. The fourth-order valence-corrected chi connectivity index (χ4v) is 5.76. The number of methoxy groups -OCH3 is 1. The van der Waals surface area contributed by atoms with Gasteiger partial charge in [0.25, 0.3) is 0 Å². The first-order chi connectivity index (χ1) is 13.5. The Morgan fingerprint density at radius 2 is 1.86 bits per heavy atom. The molecule has 0 bridgehead atoms. The Labute approximate surface area is 165 Å². The molecule has 148 valence electrons. The van der Waals surface area contributed by atoms with E-state index in [1.165, 1.54) is 0 Å². The molecule has 0 radical (unpaired) electrons. The highest BCUT2D eigenvalue weighted by atomic mass is 32.2. The first kappa shape index (κ1) is 19.0. The molecule has 2 aliphatic heterocycles. The first-order valence-corrected chi connectivity index (χ1v) is 11.0. The van der Waals surface area contributed by atoms with Crippen LogP contribution in [-0.2, 0) is 21.2 Å². The van der Waals surface area contributed by atoms with Crippen LogP contribution in [-0.4, -0.2) is 32.3 Å². The molecule has 1 N–H and O–H groups in total. The van der Waals surface area contributed by atoms with E-state index in [1.807, 2.05) is 24.3 Å². The summed E-state index contributed by atoms with van der Waals surface area (Å²) < 4.78 is 33.9. The Kier molecular flexibility index (Phi) is 5.12. The Hall–Kier alpha value is -2.38. The lowest BCUT2D eigenvalue weighted by Crippen LogP contribution is -2.34. The lowest BCUT2D eigenvalue weighted by atomic mass is 10.0. The summed E-state index contributed by atoms with van der Waals surface area (Å²) in [5.74, 6) is 0.651. The topological polar surface area (TPSA) is 75.7 Å². The Morgan fingerprint density at radius 3 is 2.61 bits per heavy atom. The van der Waals surface area contributed by atoms with E-state index in [2.05, 4.69) is 5.32 Å². The second-order valence-corrected chi connectivity index (χ2v) is 9.19. The van der Waals surface area contributed by atoms with Crippen LogP contribution in [0.15, 0.2) is 47.4 Å². The van der Waals surface area contributed by atoms with Crippen molar-refractivity contribution < 1.29 is 17.9 Å². The van der Waals surface area contributed by atoms with E-state index in [0.717, 1.165) is 42.6 Å². The molecule has 1 atom stereocenters. The van der Waals surface area contributed by atoms with Crippen molar-refractivity contribution in [2.45, 2.75) is 43.0 Å². The van der Waals surface area contributed by atoms with Gasteiger partial charge >= 0.3 is 0 Å². The van der Waals surface area contributed by atoms with Gasteiger partial charge in [0.2, 0.25) is 15.9 Å². The maximum absolute atomic E-state index is 13.5. The fourth-order valence-electron chi connectivity index (χ4n) is 4.03. The van der Waals surface area contributed by atoms with Gasteiger partial charge in [0, 0.05) is 12.2 Å². The zero-order valence-electron chi connectivity index (χ0n) is 15.8. The van der Waals surface area contributed by atoms with E-state index < -0.39 is 10.0 Å². The van der Waals surface area contributed by atoms with Crippen LogP contribution in [0.3, 0.4) is 0 Å². The third-order valence-electron chi connectivity index (χ3n) is 5.51. The summed E-state index contributed by atoms with van der Waals surface area (Å²) >= 11 is 0. The van der Waals surface area contributed by atoms with Crippen LogP contribution in [0, 0.1) is 0 Å². The molecule has 1 saturated heterocycles. The normalized spacial score (nSPS) is 20.3. The Bertz CT molecular complexity index is 986. The van der Waals surface area contributed by atoms with Crippen LogP contribution in [0.4, 0.5) is 5.69 Å². The van der Waals surface area contributed by atoms with Crippen molar-refractivity contribution in [1.82, 2.24) is 4.31 Å². The third-order valence-corrected chi connectivity index (χ3v) is 7.42. The largest absolute Gasteiger partial charge is 0.497 e. The van der Waals surface area contributed by atoms with Gasteiger partial charge < -0.3 is 10.1 Å². The zero-order chi connectivity index (χ0) is 19.7. The SMILES string of the molecule is COc1ccc([C@H]2CCCCCN2S(=O)(=O)c2ccc3c(c2)CC(=O)N3)cc1. The molecular weight excluding hydrogens is 376 g/mol. The van der Waals surface area contributed by atoms with Crippen LogP contribution in [0.1, 0.15) is 42.9 Å². The average Bonchev–Trinajstić information content (AvgIpc) is 2.90. The summed E-state index contributed by atoms with van der Waals surface area (Å²) in [5.41, 5.74) is 2.41. The van der Waals surface area contributed by atoms with Crippen LogP contribution in [0.5, 0.6) is 5.75 Å². The number of ether oxygens (including phenoxy) is 1. The minimum Gasteiger partial charge on any atom is -0.497 e. The van der Waals surface area contributed by atoms with Gasteiger partial charge in [-0.3, -0.25) is 4.79 Å². The van der Waals surface area contributed by atoms with Crippen molar-refractivity contribution in [2.24, 2.45) is 0 Å². The number of rotatable bonds is 4. The number of hydrogen-bond acceptors (Lipinski definition) is 4. The van der Waals surface area contributed by atoms with Crippen LogP contribution in [0.25, 0.3) is 0 Å². The van der Waals surface area contributed by atoms with Gasteiger partial charge in [0.15, 0.2) is 0 Å². The minimum absolute atomic E-state index is 0.101. The standard InChI is InChI=1S/C21H24N2O4S/c1-27-17-8-6-15(7-9-17)20-5-3-2-4-12-23(20)28(25,26)18-10-11-19-16(13-18)14-21(24)22-19/h6-11,13,20H,2-5,12,14H2,1H3,(H,22,24)/t20-/m1/s1. The number of anilines is 1. The maximum atomic E-state index is 13.5. The lowest BCUT2D eigenvalue weighted by molar-refractivity contribution is -0.115. The number of nitrogens with zero attached hydrogens (tertiary/aromatic N) is 1. The molecule has 4 rings (SSSR count). The predicted octanol–water partition coefficient (Wildman–Crippen LogP) is 3.50. The number of nitrogens with one attached hydrogen (secondary N) is 1. The number of carbonyl (C=O) groups excluding carboxylic acids is 1. The van der Waals surface area contributed by atoms with Gasteiger partial charge in [-0.25, -0.2) is 8.42 Å². The molecule has 2 aliphatic rings. The predicted molar refractivity (Wildman–Crippen MR) is 107 cm³/mol. The number of fused-ring (bicyclic) bond motifs is 1. The van der Waals surface area contributed by atoms with Crippen molar-refractivity contribution in [1.29, 1.82) is 0 Å². The molecule has 6 nitrogen and oxygen atoms in total. The average molecular weight is 401 g/mol. The van der Waals surface area contributed by atoms with Crippen LogP contribution < -0.4 is 10.1 Å². The Balaban J connectivity index is 1.70. The van der Waals surface area contributed by atoms with Crippen LogP contribution >= 0.6 is 0 Å². The second kappa shape index (κ2) is 7.56. The van der Waals surface area contributed by atoms with Crippen molar-refractivity contribution in [3.8, 4) is 5.75 Å². The summed E-state index contributed by atoms with van der Waals surface area (Å²) in [5, 5.41) is 2.75. The summed E-state index contributed by atoms with van der Waals surface area (Å²) in [6.45, 7) is 0.493. The van der Waals surface area contributed by atoms with Gasteiger partial charge in [-0.2, -0.15) is 4.31 Å². The molecule has 1 fully saturated rings. The van der Waals surface area contributed by atoms with E-state index >= 15 is 0 Å². The smallest absolute Gasteiger partial charge is 0.243 e. The zero-order valence-corrected chi connectivity index (χ0v) is 16.7. The van der Waals surface area contributed by atoms with Crippen molar-refractivity contribution >= 4 is 21.6 Å². The van der Waals surface area contributed by atoms with Gasteiger partial charge in [-0.15, -0.1) is 0 Å². The number of carbonyl (C=O) groups is 1. The van der Waals surface area contributed by atoms with E-state index in [9.17, 15) is 13.2 Å². The molecule has 1 amide bonds. The maximum Gasteiger partial charge on any atom is 0.243 e. The molecule has 2 aromatic rings. The Morgan fingerprint density at radius 1 is 1.07 bits per heavy atom. The highest BCUT2D eigenvalue weighted by Crippen LogP contribution is 2.36. The monoisotopic (exact) mass is 400 g/mol. The number of benzene rings is 2. The van der Waals surface area contributed by atoms with Gasteiger partial charge in [0.05, 0.1) is 24.5 Å². The number of amides is 1. The van der Waals surface area contributed by atoms with Gasteiger partial charge in [0.1, 0.15) is 5.75 Å². The van der Waals surface area contributed by atoms with Gasteiger partial charge in [-0.1, -0.05) is 25.0 Å². The number of sulfonamides is 1. The minimum atomic E-state index is -3.67. The molecule has 0 aliphatic carbocycles. The van der Waals surface area contributed by atoms with E-state index in [0.29, 0.717) is 12.2 Å². The van der Waals surface area contributed by atoms with Gasteiger partial charge in [-0.05, 0) is 54.3 Å². The summed E-state index contributed by atoms with van der Waals surface area (Å²) in [6, 6.07) is 12.4. The molecule has 0 saturated carbocycles. The molecule has 0 unspecified atom stereocenters. The van der Waals surface area contributed by atoms with Crippen molar-refractivity contribution in [3.63, 3.8) is 0 Å². The van der Waals surface area contributed by atoms with Crippen LogP contribution in [0.2, 0.25) is 0 Å². The third kappa shape index (κ3) is 3.52. The molecular formula is C21H24N2O4S. The van der Waals surface area contributed by atoms with Crippen molar-refractivity contribution in [3.05, 3.63) is 53.6 Å². The highest BCUT2D eigenvalue weighted by molar-refractivity contribution is 7.89. The number of hydrogen-bond donors (Lipinski definition) is 1. The highest BCUT2D eigenvalue weighted by Gasteiger charge is 2.34. The quantitative estimate of drug-likeness (QED) is 0.852. The van der Waals surface area contributed by atoms with E-state index in [4.69, 9.17) is 4.74 Å². The molecule has 0 spiro atoms.